The van der Waals surface area contributed by atoms with Crippen LogP contribution in [0.4, 0.5) is 0 Å². The summed E-state index contributed by atoms with van der Waals surface area (Å²) in [4.78, 5) is 36.2. The summed E-state index contributed by atoms with van der Waals surface area (Å²) in [6.45, 7) is -0.00870. The summed E-state index contributed by atoms with van der Waals surface area (Å²) in [6, 6.07) is 0. The van der Waals surface area contributed by atoms with Crippen molar-refractivity contribution in [2.45, 2.75) is 12.8 Å². The quantitative estimate of drug-likeness (QED) is 0.760. The van der Waals surface area contributed by atoms with Crippen LogP contribution in [0.2, 0.25) is 0 Å². The Morgan fingerprint density at radius 2 is 2.14 bits per heavy atom. The molecule has 0 aromatic rings. The molecule has 0 saturated carbocycles. The number of hydrogen-bond acceptors (Lipinski definition) is 5. The molecule has 1 N–H and O–H groups in total. The second-order valence-electron chi connectivity index (χ2n) is 5.34. The molecular formula is C15H18O6. The smallest absolute Gasteiger partial charge is 0.303 e. The second-order valence-corrected chi connectivity index (χ2v) is 5.34. The summed E-state index contributed by atoms with van der Waals surface area (Å²) in [5.41, 5.74) is -1.20. The lowest BCUT2D eigenvalue weighted by atomic mass is 9.56. The zero-order valence-corrected chi connectivity index (χ0v) is 12.0. The van der Waals surface area contributed by atoms with Gasteiger partial charge in [0.05, 0.1) is 25.6 Å². The van der Waals surface area contributed by atoms with Gasteiger partial charge in [0.25, 0.3) is 0 Å². The highest BCUT2D eigenvalue weighted by Crippen LogP contribution is 2.49. The van der Waals surface area contributed by atoms with E-state index in [0.717, 1.165) is 0 Å². The fraction of sp³-hybridized carbons (Fsp3) is 0.533. The maximum absolute atomic E-state index is 12.8. The summed E-state index contributed by atoms with van der Waals surface area (Å²) in [5.74, 6) is -2.81. The Bertz CT molecular complexity index is 532. The van der Waals surface area contributed by atoms with Gasteiger partial charge in [0.15, 0.2) is 11.5 Å². The van der Waals surface area contributed by atoms with Gasteiger partial charge in [0.1, 0.15) is 0 Å². The maximum Gasteiger partial charge on any atom is 0.303 e. The Morgan fingerprint density at radius 3 is 2.71 bits per heavy atom. The Balaban J connectivity index is 2.55. The van der Waals surface area contributed by atoms with Gasteiger partial charge in [0, 0.05) is 25.0 Å². The molecule has 21 heavy (non-hydrogen) atoms. The van der Waals surface area contributed by atoms with Crippen LogP contribution in [0.5, 0.6) is 0 Å². The van der Waals surface area contributed by atoms with Crippen LogP contribution in [-0.2, 0) is 23.9 Å². The minimum atomic E-state index is -1.20. The number of fused-ring (bicyclic) bond motifs is 1. The van der Waals surface area contributed by atoms with Gasteiger partial charge >= 0.3 is 5.97 Å². The number of hydrogen-bond donors (Lipinski definition) is 1. The van der Waals surface area contributed by atoms with E-state index in [1.807, 2.05) is 0 Å². The highest BCUT2D eigenvalue weighted by molar-refractivity contribution is 6.12. The van der Waals surface area contributed by atoms with Gasteiger partial charge in [-0.1, -0.05) is 12.2 Å². The fourth-order valence-corrected chi connectivity index (χ4v) is 3.34. The van der Waals surface area contributed by atoms with Gasteiger partial charge in [-0.05, 0) is 6.42 Å². The number of carbonyl (C=O) groups excluding carboxylic acids is 2. The van der Waals surface area contributed by atoms with Crippen LogP contribution in [0.1, 0.15) is 12.8 Å². The average molecular weight is 294 g/mol. The molecule has 3 atom stereocenters. The molecule has 0 saturated heterocycles. The van der Waals surface area contributed by atoms with Crippen LogP contribution in [-0.4, -0.2) is 43.5 Å². The molecule has 6 heteroatoms. The van der Waals surface area contributed by atoms with Gasteiger partial charge in [-0.2, -0.15) is 0 Å². The first-order chi connectivity index (χ1) is 9.97. The molecule has 2 aliphatic rings. The van der Waals surface area contributed by atoms with E-state index in [9.17, 15) is 14.4 Å². The highest BCUT2D eigenvalue weighted by Gasteiger charge is 2.57. The number of ether oxygens (including phenoxy) is 2. The normalized spacial score (nSPS) is 31.6. The van der Waals surface area contributed by atoms with Gasteiger partial charge in [-0.15, -0.1) is 0 Å². The predicted molar refractivity (Wildman–Crippen MR) is 72.4 cm³/mol. The minimum Gasteiger partial charge on any atom is -0.493 e. The van der Waals surface area contributed by atoms with Crippen molar-refractivity contribution < 1.29 is 29.0 Å². The van der Waals surface area contributed by atoms with Crippen LogP contribution in [0.3, 0.4) is 0 Å². The van der Waals surface area contributed by atoms with Gasteiger partial charge < -0.3 is 14.6 Å². The molecule has 114 valence electrons. The molecule has 2 aliphatic carbocycles. The van der Waals surface area contributed by atoms with Crippen molar-refractivity contribution in [3.05, 3.63) is 24.0 Å². The highest BCUT2D eigenvalue weighted by atomic mass is 16.5. The van der Waals surface area contributed by atoms with Crippen molar-refractivity contribution in [2.24, 2.45) is 17.3 Å². The lowest BCUT2D eigenvalue weighted by molar-refractivity contribution is -0.152. The molecule has 0 aromatic heterocycles. The summed E-state index contributed by atoms with van der Waals surface area (Å²) >= 11 is 0. The third kappa shape index (κ3) is 2.40. The molecule has 0 aromatic carbocycles. The van der Waals surface area contributed by atoms with Crippen molar-refractivity contribution in [2.75, 3.05) is 20.8 Å². The molecule has 0 aliphatic heterocycles. The number of rotatable bonds is 5. The average Bonchev–Trinajstić information content (AvgIpc) is 2.44. The standard InChI is InChI=1S/C15H18O6/c1-20-8-15-9(6-13(17)18)4-3-5-10(15)11(16)7-12(21-2)14(15)19/h3-4,7,9-10H,5-6,8H2,1-2H3,(H,17,18)/t9-,10+,15+/m0/s1. The Labute approximate surface area is 122 Å². The van der Waals surface area contributed by atoms with Crippen molar-refractivity contribution in [1.82, 2.24) is 0 Å². The van der Waals surface area contributed by atoms with Crippen LogP contribution >= 0.6 is 0 Å². The first-order valence-corrected chi connectivity index (χ1v) is 6.69. The molecule has 0 heterocycles. The minimum absolute atomic E-state index is 0.00870. The molecule has 0 unspecified atom stereocenters. The molecule has 0 radical (unpaired) electrons. The monoisotopic (exact) mass is 294 g/mol. The Kier molecular flexibility index (Phi) is 4.27. The third-order valence-electron chi connectivity index (χ3n) is 4.28. The van der Waals surface area contributed by atoms with Gasteiger partial charge in [0.2, 0.25) is 5.78 Å². The summed E-state index contributed by atoms with van der Waals surface area (Å²) in [6.07, 6.45) is 4.85. The van der Waals surface area contributed by atoms with E-state index < -0.39 is 23.2 Å². The van der Waals surface area contributed by atoms with Crippen molar-refractivity contribution in [3.8, 4) is 0 Å². The lowest BCUT2D eigenvalue weighted by Crippen LogP contribution is -2.55. The molecule has 0 bridgehead atoms. The predicted octanol–water partition coefficient (Wildman–Crippen LogP) is 0.968. The number of methoxy groups -OCH3 is 2. The SMILES string of the molecule is COC[C@]12C(=O)C(OC)=CC(=O)[C@H]1CC=C[C@H]2CC(=O)O. The first-order valence-electron chi connectivity index (χ1n) is 6.69. The van der Waals surface area contributed by atoms with E-state index in [1.165, 1.54) is 20.3 Å². The lowest BCUT2D eigenvalue weighted by Gasteiger charge is -2.46. The maximum atomic E-state index is 12.8. The number of Topliss-reactive ketones (excluding diaryl/α,β-unsaturated/α-hetero) is 1. The Morgan fingerprint density at radius 1 is 1.43 bits per heavy atom. The van der Waals surface area contributed by atoms with Crippen molar-refractivity contribution in [1.29, 1.82) is 0 Å². The largest absolute Gasteiger partial charge is 0.493 e. The van der Waals surface area contributed by atoms with Crippen molar-refractivity contribution >= 4 is 17.5 Å². The summed E-state index contributed by atoms with van der Waals surface area (Å²) in [7, 11) is 2.76. The number of ketones is 2. The van der Waals surface area contributed by atoms with E-state index in [4.69, 9.17) is 14.6 Å². The van der Waals surface area contributed by atoms with Crippen LogP contribution in [0, 0.1) is 17.3 Å². The first kappa shape index (κ1) is 15.4. The van der Waals surface area contributed by atoms with Crippen LogP contribution in [0.15, 0.2) is 24.0 Å². The van der Waals surface area contributed by atoms with E-state index in [-0.39, 0.29) is 30.4 Å². The number of carboxylic acid groups (broad SMARTS) is 1. The molecular weight excluding hydrogens is 276 g/mol. The summed E-state index contributed by atoms with van der Waals surface area (Å²) in [5, 5.41) is 9.10. The molecule has 0 fully saturated rings. The third-order valence-corrected chi connectivity index (χ3v) is 4.28. The topological polar surface area (TPSA) is 89.9 Å². The summed E-state index contributed by atoms with van der Waals surface area (Å²) < 4.78 is 10.2. The number of carbonyl (C=O) groups is 3. The van der Waals surface area contributed by atoms with Gasteiger partial charge in [-0.3, -0.25) is 14.4 Å². The number of carboxylic acids is 1. The van der Waals surface area contributed by atoms with E-state index >= 15 is 0 Å². The number of aliphatic carboxylic acids is 1. The van der Waals surface area contributed by atoms with E-state index in [0.29, 0.717) is 6.42 Å². The van der Waals surface area contributed by atoms with Crippen LogP contribution in [0.25, 0.3) is 0 Å². The number of allylic oxidation sites excluding steroid dienone is 4. The van der Waals surface area contributed by atoms with E-state index in [1.54, 1.807) is 12.2 Å². The molecule has 0 spiro atoms. The molecule has 0 amide bonds. The zero-order chi connectivity index (χ0) is 15.6. The molecule has 6 nitrogen and oxygen atoms in total. The second kappa shape index (κ2) is 5.81. The Hall–Kier alpha value is -1.95. The zero-order valence-electron chi connectivity index (χ0n) is 12.0. The van der Waals surface area contributed by atoms with Gasteiger partial charge in [-0.25, -0.2) is 0 Å². The molecule has 2 rings (SSSR count). The van der Waals surface area contributed by atoms with E-state index in [2.05, 4.69) is 0 Å². The van der Waals surface area contributed by atoms with Crippen molar-refractivity contribution in [3.63, 3.8) is 0 Å². The van der Waals surface area contributed by atoms with Crippen LogP contribution < -0.4 is 0 Å². The fourth-order valence-electron chi connectivity index (χ4n) is 3.34.